The fraction of sp³-hybridized carbons (Fsp3) is 0.250. The molecular formula is C12H18FN3O. The lowest BCUT2D eigenvalue weighted by Crippen LogP contribution is -2.12. The third-order valence-electron chi connectivity index (χ3n) is 1.48. The van der Waals surface area contributed by atoms with Crippen molar-refractivity contribution in [1.29, 1.82) is 0 Å². The standard InChI is InChI=1S/C12H18FN3O/c1-2-7-12(15-9-10-16-14)17-11-6-4-3-5-8-13/h2-7,9-10,16H,8,11,14H2,1H3/b5-3-,6-4-,7-2+,10-9+,15-12+. The van der Waals surface area contributed by atoms with Gasteiger partial charge in [0, 0.05) is 12.4 Å². The third-order valence-corrected chi connectivity index (χ3v) is 1.48. The number of alkyl halides is 1. The number of hydrogen-bond acceptors (Lipinski definition) is 4. The van der Waals surface area contributed by atoms with Crippen molar-refractivity contribution in [3.8, 4) is 0 Å². The van der Waals surface area contributed by atoms with E-state index in [1.807, 2.05) is 13.0 Å². The maximum absolute atomic E-state index is 11.7. The van der Waals surface area contributed by atoms with Gasteiger partial charge in [0.1, 0.15) is 13.3 Å². The fourth-order valence-electron chi connectivity index (χ4n) is 0.822. The van der Waals surface area contributed by atoms with E-state index in [1.165, 1.54) is 18.5 Å². The summed E-state index contributed by atoms with van der Waals surface area (Å²) in [6.45, 7) is 1.76. The number of nitrogens with two attached hydrogens (primary N) is 1. The van der Waals surface area contributed by atoms with E-state index in [9.17, 15) is 4.39 Å². The second kappa shape index (κ2) is 12.2. The van der Waals surface area contributed by atoms with Gasteiger partial charge >= 0.3 is 0 Å². The minimum atomic E-state index is -0.465. The molecular weight excluding hydrogens is 221 g/mol. The molecule has 0 aliphatic carbocycles. The summed E-state index contributed by atoms with van der Waals surface area (Å²) in [5.74, 6) is 5.51. The number of nitrogens with zero attached hydrogens (tertiary/aromatic N) is 1. The van der Waals surface area contributed by atoms with Crippen molar-refractivity contribution >= 4 is 5.90 Å². The van der Waals surface area contributed by atoms with Crippen LogP contribution in [0.4, 0.5) is 4.39 Å². The average molecular weight is 239 g/mol. The van der Waals surface area contributed by atoms with Crippen LogP contribution in [0.15, 0.2) is 53.8 Å². The first-order valence-corrected chi connectivity index (χ1v) is 5.17. The van der Waals surface area contributed by atoms with Crippen LogP contribution in [0.3, 0.4) is 0 Å². The monoisotopic (exact) mass is 239 g/mol. The quantitative estimate of drug-likeness (QED) is 0.235. The summed E-state index contributed by atoms with van der Waals surface area (Å²) in [5, 5.41) is 0. The van der Waals surface area contributed by atoms with Crippen molar-refractivity contribution in [2.24, 2.45) is 10.8 Å². The molecule has 0 atom stereocenters. The Morgan fingerprint density at radius 2 is 2.18 bits per heavy atom. The van der Waals surface area contributed by atoms with Crippen molar-refractivity contribution in [1.82, 2.24) is 5.43 Å². The third kappa shape index (κ3) is 10.4. The van der Waals surface area contributed by atoms with E-state index >= 15 is 0 Å². The van der Waals surface area contributed by atoms with Crippen LogP contribution in [0.1, 0.15) is 6.92 Å². The molecule has 0 aliphatic heterocycles. The van der Waals surface area contributed by atoms with Crippen LogP contribution < -0.4 is 11.3 Å². The number of aliphatic imine (C=N–C) groups is 1. The summed E-state index contributed by atoms with van der Waals surface area (Å²) >= 11 is 0. The van der Waals surface area contributed by atoms with Gasteiger partial charge < -0.3 is 10.2 Å². The molecule has 0 unspecified atom stereocenters. The highest BCUT2D eigenvalue weighted by Gasteiger charge is 1.89. The average Bonchev–Trinajstić information content (AvgIpc) is 2.34. The van der Waals surface area contributed by atoms with Gasteiger partial charge in [-0.15, -0.1) is 0 Å². The second-order valence-corrected chi connectivity index (χ2v) is 2.77. The van der Waals surface area contributed by atoms with Gasteiger partial charge in [0.25, 0.3) is 0 Å². The molecule has 0 aliphatic rings. The number of allylic oxidation sites excluding steroid dienone is 4. The van der Waals surface area contributed by atoms with Gasteiger partial charge in [0.2, 0.25) is 5.90 Å². The van der Waals surface area contributed by atoms with Crippen LogP contribution in [-0.4, -0.2) is 19.2 Å². The molecule has 0 rings (SSSR count). The molecule has 0 amide bonds. The van der Waals surface area contributed by atoms with Crippen LogP contribution in [-0.2, 0) is 4.74 Å². The van der Waals surface area contributed by atoms with Gasteiger partial charge in [0.15, 0.2) is 0 Å². The normalized spacial score (nSPS) is 13.5. The Bertz CT molecular complexity index is 320. The van der Waals surface area contributed by atoms with Gasteiger partial charge in [-0.25, -0.2) is 9.38 Å². The zero-order valence-electron chi connectivity index (χ0n) is 9.84. The summed E-state index contributed by atoms with van der Waals surface area (Å²) in [5.41, 5.74) is 2.33. The van der Waals surface area contributed by atoms with Crippen molar-refractivity contribution in [3.63, 3.8) is 0 Å². The summed E-state index contributed by atoms with van der Waals surface area (Å²) in [6.07, 6.45) is 13.0. The number of hydrogen-bond donors (Lipinski definition) is 2. The topological polar surface area (TPSA) is 59.6 Å². The molecule has 0 heterocycles. The summed E-state index contributed by atoms with van der Waals surface area (Å²) in [6, 6.07) is 0. The molecule has 0 aromatic rings. The van der Waals surface area contributed by atoms with Crippen LogP contribution >= 0.6 is 0 Å². The molecule has 0 spiro atoms. The van der Waals surface area contributed by atoms with Gasteiger partial charge in [0.05, 0.1) is 0 Å². The molecule has 5 heteroatoms. The zero-order valence-corrected chi connectivity index (χ0v) is 9.84. The highest BCUT2D eigenvalue weighted by Crippen LogP contribution is 1.89. The van der Waals surface area contributed by atoms with Crippen LogP contribution in [0.5, 0.6) is 0 Å². The lowest BCUT2D eigenvalue weighted by Gasteiger charge is -2.00. The van der Waals surface area contributed by atoms with E-state index in [-0.39, 0.29) is 0 Å². The van der Waals surface area contributed by atoms with Crippen molar-refractivity contribution in [2.75, 3.05) is 13.3 Å². The summed E-state index contributed by atoms with van der Waals surface area (Å²) in [7, 11) is 0. The van der Waals surface area contributed by atoms with Crippen molar-refractivity contribution < 1.29 is 9.13 Å². The highest BCUT2D eigenvalue weighted by atomic mass is 19.1. The summed E-state index contributed by atoms with van der Waals surface area (Å²) in [4.78, 5) is 4.01. The van der Waals surface area contributed by atoms with Crippen LogP contribution in [0.2, 0.25) is 0 Å². The largest absolute Gasteiger partial charge is 0.473 e. The predicted molar refractivity (Wildman–Crippen MR) is 68.9 cm³/mol. The van der Waals surface area contributed by atoms with E-state index in [2.05, 4.69) is 10.4 Å². The van der Waals surface area contributed by atoms with Crippen LogP contribution in [0.25, 0.3) is 0 Å². The first-order chi connectivity index (χ1) is 8.35. The molecule has 17 heavy (non-hydrogen) atoms. The Balaban J connectivity index is 4.09. The second-order valence-electron chi connectivity index (χ2n) is 2.77. The highest BCUT2D eigenvalue weighted by molar-refractivity contribution is 5.88. The van der Waals surface area contributed by atoms with Crippen molar-refractivity contribution in [3.05, 3.63) is 48.9 Å². The Labute approximate surface area is 101 Å². The molecule has 0 saturated heterocycles. The molecule has 3 N–H and O–H groups in total. The smallest absolute Gasteiger partial charge is 0.213 e. The lowest BCUT2D eigenvalue weighted by molar-refractivity contribution is 0.353. The number of halogens is 1. The van der Waals surface area contributed by atoms with E-state index in [0.29, 0.717) is 12.5 Å². The van der Waals surface area contributed by atoms with Gasteiger partial charge in [-0.05, 0) is 19.1 Å². The summed E-state index contributed by atoms with van der Waals surface area (Å²) < 4.78 is 17.0. The maximum Gasteiger partial charge on any atom is 0.213 e. The van der Waals surface area contributed by atoms with E-state index in [4.69, 9.17) is 10.6 Å². The molecule has 0 aromatic heterocycles. The molecule has 0 saturated carbocycles. The minimum absolute atomic E-state index is 0.365. The SMILES string of the molecule is C/C=C/C(=N\C=C\NN)OC/C=C\C=C/CF. The van der Waals surface area contributed by atoms with E-state index < -0.39 is 6.67 Å². The van der Waals surface area contributed by atoms with Crippen LogP contribution in [0, 0.1) is 0 Å². The number of nitrogens with one attached hydrogen (secondary N) is 1. The molecule has 94 valence electrons. The molecule has 0 bridgehead atoms. The van der Waals surface area contributed by atoms with E-state index in [1.54, 1.807) is 24.3 Å². The van der Waals surface area contributed by atoms with E-state index in [0.717, 1.165) is 0 Å². The minimum Gasteiger partial charge on any atom is -0.473 e. The predicted octanol–water partition coefficient (Wildman–Crippen LogP) is 1.99. The first-order valence-electron chi connectivity index (χ1n) is 5.17. The molecule has 0 radical (unpaired) electrons. The molecule has 4 nitrogen and oxygen atoms in total. The maximum atomic E-state index is 11.7. The number of ether oxygens (including phenoxy) is 1. The number of hydrazine groups is 1. The molecule has 0 fully saturated rings. The van der Waals surface area contributed by atoms with Gasteiger partial charge in [-0.2, -0.15) is 0 Å². The lowest BCUT2D eigenvalue weighted by atomic mass is 10.4. The Morgan fingerprint density at radius 1 is 1.41 bits per heavy atom. The molecule has 0 aromatic carbocycles. The number of rotatable bonds is 7. The Morgan fingerprint density at radius 3 is 2.82 bits per heavy atom. The first kappa shape index (κ1) is 15.1. The Kier molecular flexibility index (Phi) is 10.8. The fourth-order valence-corrected chi connectivity index (χ4v) is 0.822. The van der Waals surface area contributed by atoms with Gasteiger partial charge in [-0.1, -0.05) is 24.3 Å². The zero-order chi connectivity index (χ0) is 12.8. The van der Waals surface area contributed by atoms with Crippen molar-refractivity contribution in [2.45, 2.75) is 6.92 Å². The Hall–Kier alpha value is -1.88. The van der Waals surface area contributed by atoms with Gasteiger partial charge in [-0.3, -0.25) is 5.84 Å².